The molecule has 0 aliphatic rings. The topological polar surface area (TPSA) is 46.2 Å². The van der Waals surface area contributed by atoms with Crippen molar-refractivity contribution >= 4 is 50.5 Å². The molecule has 2 aromatic rings. The number of anilines is 1. The van der Waals surface area contributed by atoms with E-state index in [1.54, 1.807) is 30.3 Å². The molecule has 0 unspecified atom stereocenters. The first kappa shape index (κ1) is 14.5. The van der Waals surface area contributed by atoms with Crippen molar-refractivity contribution in [3.63, 3.8) is 0 Å². The van der Waals surface area contributed by atoms with Gasteiger partial charge in [0.25, 0.3) is 10.0 Å². The SMILES string of the molecule is O=S(=O)(Nc1ccccc1Cl)c1c(Cl)cccc1Cl. The van der Waals surface area contributed by atoms with Gasteiger partial charge < -0.3 is 0 Å². The number of hydrogen-bond donors (Lipinski definition) is 1. The zero-order valence-corrected chi connectivity index (χ0v) is 12.5. The third-order valence-electron chi connectivity index (χ3n) is 2.31. The van der Waals surface area contributed by atoms with Crippen LogP contribution in [0, 0.1) is 0 Å². The van der Waals surface area contributed by atoms with Crippen LogP contribution < -0.4 is 4.72 Å². The van der Waals surface area contributed by atoms with Crippen molar-refractivity contribution in [2.24, 2.45) is 0 Å². The van der Waals surface area contributed by atoms with Crippen molar-refractivity contribution < 1.29 is 8.42 Å². The summed E-state index contributed by atoms with van der Waals surface area (Å²) in [5.41, 5.74) is 0.264. The Balaban J connectivity index is 2.47. The van der Waals surface area contributed by atoms with Gasteiger partial charge in [0.05, 0.1) is 20.8 Å². The molecule has 0 aliphatic heterocycles. The van der Waals surface area contributed by atoms with Crippen molar-refractivity contribution in [1.82, 2.24) is 0 Å². The van der Waals surface area contributed by atoms with Crippen LogP contribution in [0.4, 0.5) is 5.69 Å². The predicted octanol–water partition coefficient (Wildman–Crippen LogP) is 4.45. The number of rotatable bonds is 3. The van der Waals surface area contributed by atoms with Gasteiger partial charge in [-0.05, 0) is 24.3 Å². The second kappa shape index (κ2) is 5.59. The summed E-state index contributed by atoms with van der Waals surface area (Å²) in [6.45, 7) is 0. The molecule has 19 heavy (non-hydrogen) atoms. The minimum Gasteiger partial charge on any atom is -0.278 e. The summed E-state index contributed by atoms with van der Waals surface area (Å²) < 4.78 is 26.9. The molecule has 100 valence electrons. The summed E-state index contributed by atoms with van der Waals surface area (Å²) in [5.74, 6) is 0. The largest absolute Gasteiger partial charge is 0.278 e. The third kappa shape index (κ3) is 3.15. The fourth-order valence-corrected chi connectivity index (χ4v) is 3.94. The predicted molar refractivity (Wildman–Crippen MR) is 78.7 cm³/mol. The molecule has 0 saturated carbocycles. The van der Waals surface area contributed by atoms with E-state index >= 15 is 0 Å². The number of para-hydroxylation sites is 1. The number of benzene rings is 2. The van der Waals surface area contributed by atoms with Gasteiger partial charge in [0.2, 0.25) is 0 Å². The number of sulfonamides is 1. The highest BCUT2D eigenvalue weighted by Crippen LogP contribution is 2.31. The molecule has 7 heteroatoms. The lowest BCUT2D eigenvalue weighted by Crippen LogP contribution is -2.14. The first-order chi connectivity index (χ1) is 8.92. The number of halogens is 3. The van der Waals surface area contributed by atoms with Crippen LogP contribution in [0.1, 0.15) is 0 Å². The monoisotopic (exact) mass is 335 g/mol. The maximum Gasteiger partial charge on any atom is 0.264 e. The van der Waals surface area contributed by atoms with E-state index in [-0.39, 0.29) is 25.7 Å². The fourth-order valence-electron chi connectivity index (χ4n) is 1.48. The van der Waals surface area contributed by atoms with Crippen LogP contribution >= 0.6 is 34.8 Å². The zero-order chi connectivity index (χ0) is 14.0. The standard InChI is InChI=1S/C12H8Cl3NO2S/c13-8-4-1-2-7-11(8)16-19(17,18)12-9(14)5-3-6-10(12)15/h1-7,16H. The molecule has 2 aromatic carbocycles. The fraction of sp³-hybridized carbons (Fsp3) is 0. The molecule has 1 N–H and O–H groups in total. The summed E-state index contributed by atoms with van der Waals surface area (Å²) in [7, 11) is -3.90. The Labute approximate surface area is 126 Å². The average molecular weight is 337 g/mol. The van der Waals surface area contributed by atoms with E-state index in [1.807, 2.05) is 0 Å². The van der Waals surface area contributed by atoms with Crippen LogP contribution in [0.15, 0.2) is 47.4 Å². The second-order valence-corrected chi connectivity index (χ2v) is 6.48. The van der Waals surface area contributed by atoms with Gasteiger partial charge in [-0.15, -0.1) is 0 Å². The Bertz CT molecular complexity index is 696. The van der Waals surface area contributed by atoms with Crippen molar-refractivity contribution in [2.75, 3.05) is 4.72 Å². The van der Waals surface area contributed by atoms with E-state index in [0.29, 0.717) is 0 Å². The maximum atomic E-state index is 12.3. The lowest BCUT2D eigenvalue weighted by atomic mass is 10.3. The summed E-state index contributed by atoms with van der Waals surface area (Å²) in [6.07, 6.45) is 0. The summed E-state index contributed by atoms with van der Waals surface area (Å²) >= 11 is 17.7. The molecule has 0 fully saturated rings. The highest BCUT2D eigenvalue weighted by Gasteiger charge is 2.22. The van der Waals surface area contributed by atoms with Crippen LogP contribution in [0.25, 0.3) is 0 Å². The van der Waals surface area contributed by atoms with Crippen LogP contribution in [0.5, 0.6) is 0 Å². The third-order valence-corrected chi connectivity index (χ3v) is 4.96. The Morgan fingerprint density at radius 1 is 0.789 bits per heavy atom. The molecule has 0 bridgehead atoms. The van der Waals surface area contributed by atoms with Gasteiger partial charge in [-0.2, -0.15) is 0 Å². The summed E-state index contributed by atoms with van der Waals surface area (Å²) in [4.78, 5) is -0.168. The molecular formula is C12H8Cl3NO2S. The Morgan fingerprint density at radius 3 is 1.89 bits per heavy atom. The molecule has 0 heterocycles. The first-order valence-corrected chi connectivity index (χ1v) is 7.75. The smallest absolute Gasteiger partial charge is 0.264 e. The number of hydrogen-bond acceptors (Lipinski definition) is 2. The minimum atomic E-state index is -3.90. The van der Waals surface area contributed by atoms with Gasteiger partial charge >= 0.3 is 0 Å². The quantitative estimate of drug-likeness (QED) is 0.900. The summed E-state index contributed by atoms with van der Waals surface area (Å²) in [5, 5.41) is 0.383. The van der Waals surface area contributed by atoms with Crippen LogP contribution in [-0.4, -0.2) is 8.42 Å². The van der Waals surface area contributed by atoms with E-state index in [9.17, 15) is 8.42 Å². The number of nitrogens with one attached hydrogen (secondary N) is 1. The molecule has 0 aromatic heterocycles. The van der Waals surface area contributed by atoms with Crippen LogP contribution in [0.3, 0.4) is 0 Å². The van der Waals surface area contributed by atoms with Crippen LogP contribution in [0.2, 0.25) is 15.1 Å². The van der Waals surface area contributed by atoms with E-state index in [1.165, 1.54) is 12.1 Å². The van der Waals surface area contributed by atoms with Gasteiger partial charge in [0.1, 0.15) is 4.90 Å². The molecular weight excluding hydrogens is 329 g/mol. The highest BCUT2D eigenvalue weighted by atomic mass is 35.5. The van der Waals surface area contributed by atoms with E-state index in [4.69, 9.17) is 34.8 Å². The van der Waals surface area contributed by atoms with E-state index in [2.05, 4.69) is 4.72 Å². The molecule has 2 rings (SSSR count). The molecule has 3 nitrogen and oxygen atoms in total. The maximum absolute atomic E-state index is 12.3. The van der Waals surface area contributed by atoms with Crippen LogP contribution in [-0.2, 0) is 10.0 Å². The average Bonchev–Trinajstić information content (AvgIpc) is 2.31. The highest BCUT2D eigenvalue weighted by molar-refractivity contribution is 7.93. The molecule has 0 spiro atoms. The normalized spacial score (nSPS) is 11.3. The molecule has 0 saturated heterocycles. The Morgan fingerprint density at radius 2 is 1.32 bits per heavy atom. The van der Waals surface area contributed by atoms with Gasteiger partial charge in [-0.25, -0.2) is 8.42 Å². The lowest BCUT2D eigenvalue weighted by Gasteiger charge is -2.11. The molecule has 0 aliphatic carbocycles. The van der Waals surface area contributed by atoms with Crippen molar-refractivity contribution in [1.29, 1.82) is 0 Å². The zero-order valence-electron chi connectivity index (χ0n) is 9.40. The van der Waals surface area contributed by atoms with E-state index < -0.39 is 10.0 Å². The lowest BCUT2D eigenvalue weighted by molar-refractivity contribution is 0.601. The second-order valence-electron chi connectivity index (χ2n) is 3.64. The minimum absolute atomic E-state index is 0.0482. The van der Waals surface area contributed by atoms with E-state index in [0.717, 1.165) is 0 Å². The first-order valence-electron chi connectivity index (χ1n) is 5.13. The van der Waals surface area contributed by atoms with Crippen molar-refractivity contribution in [3.05, 3.63) is 57.5 Å². The van der Waals surface area contributed by atoms with Gasteiger partial charge in [-0.1, -0.05) is 53.0 Å². The Kier molecular flexibility index (Phi) is 4.26. The van der Waals surface area contributed by atoms with Gasteiger partial charge in [0, 0.05) is 0 Å². The van der Waals surface area contributed by atoms with Crippen molar-refractivity contribution in [2.45, 2.75) is 4.90 Å². The molecule has 0 amide bonds. The van der Waals surface area contributed by atoms with Gasteiger partial charge in [0.15, 0.2) is 0 Å². The molecule has 0 radical (unpaired) electrons. The van der Waals surface area contributed by atoms with Gasteiger partial charge in [-0.3, -0.25) is 4.72 Å². The summed E-state index contributed by atoms with van der Waals surface area (Å²) in [6, 6.07) is 11.0. The molecule has 0 atom stereocenters. The van der Waals surface area contributed by atoms with Crippen molar-refractivity contribution in [3.8, 4) is 0 Å². The Hall–Kier alpha value is -0.940.